The van der Waals surface area contributed by atoms with Crippen molar-refractivity contribution in [1.82, 2.24) is 20.3 Å². The van der Waals surface area contributed by atoms with E-state index < -0.39 is 0 Å². The highest BCUT2D eigenvalue weighted by Gasteiger charge is 2.22. The largest absolute Gasteiger partial charge is 0.469 e. The highest BCUT2D eigenvalue weighted by atomic mass is 127. The second-order valence-corrected chi connectivity index (χ2v) is 7.75. The standard InChI is InChI=1S/C21H31N5O3.HI/c1-17-14-18(24-29-17)16-25-8-10-26(11-9-25)21(23-15-20-5-3-13-28-20)22-7-6-19-4-2-12-27-19;/h2,4,12,14,20H,3,5-11,13,15-16H2,1H3,(H,22,23);1H. The lowest BCUT2D eigenvalue weighted by Crippen LogP contribution is -2.52. The summed E-state index contributed by atoms with van der Waals surface area (Å²) >= 11 is 0. The summed E-state index contributed by atoms with van der Waals surface area (Å²) in [6, 6.07) is 5.95. The van der Waals surface area contributed by atoms with Gasteiger partial charge >= 0.3 is 0 Å². The summed E-state index contributed by atoms with van der Waals surface area (Å²) in [5.74, 6) is 2.83. The summed E-state index contributed by atoms with van der Waals surface area (Å²) < 4.78 is 16.4. The normalized spacial score (nSPS) is 20.4. The van der Waals surface area contributed by atoms with Crippen molar-refractivity contribution in [3.63, 3.8) is 0 Å². The molecule has 2 aliphatic heterocycles. The van der Waals surface area contributed by atoms with E-state index in [9.17, 15) is 0 Å². The van der Waals surface area contributed by atoms with Gasteiger partial charge < -0.3 is 23.9 Å². The molecule has 1 atom stereocenters. The van der Waals surface area contributed by atoms with E-state index in [1.54, 1.807) is 6.26 Å². The smallest absolute Gasteiger partial charge is 0.194 e. The van der Waals surface area contributed by atoms with Crippen LogP contribution in [-0.4, -0.2) is 72.9 Å². The van der Waals surface area contributed by atoms with Crippen LogP contribution in [0.2, 0.25) is 0 Å². The van der Waals surface area contributed by atoms with Crippen LogP contribution in [0.1, 0.15) is 30.1 Å². The third-order valence-corrected chi connectivity index (χ3v) is 5.44. The Morgan fingerprint density at radius 1 is 1.30 bits per heavy atom. The Balaban J connectivity index is 0.00000256. The van der Waals surface area contributed by atoms with E-state index >= 15 is 0 Å². The maximum absolute atomic E-state index is 5.75. The van der Waals surface area contributed by atoms with Crippen LogP contribution >= 0.6 is 24.0 Å². The molecule has 9 heteroatoms. The SMILES string of the molecule is Cc1cc(CN2CCN(C(=NCC3CCCO3)NCCc3ccco3)CC2)no1.I. The first-order valence-electron chi connectivity index (χ1n) is 10.6. The van der Waals surface area contributed by atoms with Crippen molar-refractivity contribution in [3.05, 3.63) is 41.7 Å². The number of hydrogen-bond acceptors (Lipinski definition) is 6. The number of ether oxygens (including phenoxy) is 1. The zero-order valence-electron chi connectivity index (χ0n) is 17.6. The molecule has 1 unspecified atom stereocenters. The number of rotatable bonds is 7. The lowest BCUT2D eigenvalue weighted by atomic mass is 10.2. The lowest BCUT2D eigenvalue weighted by molar-refractivity contribution is 0.117. The van der Waals surface area contributed by atoms with Crippen LogP contribution in [0.15, 0.2) is 38.4 Å². The van der Waals surface area contributed by atoms with Crippen molar-refractivity contribution < 1.29 is 13.7 Å². The molecule has 2 saturated heterocycles. The predicted octanol–water partition coefficient (Wildman–Crippen LogP) is 2.68. The van der Waals surface area contributed by atoms with Crippen LogP contribution in [0.5, 0.6) is 0 Å². The molecule has 2 fully saturated rings. The molecule has 4 rings (SSSR count). The summed E-state index contributed by atoms with van der Waals surface area (Å²) in [5, 5.41) is 7.65. The molecule has 0 amide bonds. The lowest BCUT2D eigenvalue weighted by Gasteiger charge is -2.36. The van der Waals surface area contributed by atoms with Crippen LogP contribution in [0.25, 0.3) is 0 Å². The molecule has 2 aliphatic rings. The quantitative estimate of drug-likeness (QED) is 0.336. The molecular weight excluding hydrogens is 497 g/mol. The number of aryl methyl sites for hydroxylation is 1. The Morgan fingerprint density at radius 3 is 2.83 bits per heavy atom. The Labute approximate surface area is 195 Å². The molecule has 30 heavy (non-hydrogen) atoms. The molecule has 0 aliphatic carbocycles. The van der Waals surface area contributed by atoms with Crippen molar-refractivity contribution in [3.8, 4) is 0 Å². The van der Waals surface area contributed by atoms with Gasteiger partial charge in [-0.1, -0.05) is 5.16 Å². The average Bonchev–Trinajstić information content (AvgIpc) is 3.49. The summed E-state index contributed by atoms with van der Waals surface area (Å²) in [6.07, 6.45) is 5.07. The van der Waals surface area contributed by atoms with Gasteiger partial charge in [0.15, 0.2) is 5.96 Å². The van der Waals surface area contributed by atoms with Crippen molar-refractivity contribution in [2.75, 3.05) is 45.9 Å². The maximum Gasteiger partial charge on any atom is 0.194 e. The first-order valence-corrected chi connectivity index (χ1v) is 10.6. The van der Waals surface area contributed by atoms with Gasteiger partial charge in [-0.25, -0.2) is 0 Å². The van der Waals surface area contributed by atoms with Crippen molar-refractivity contribution in [1.29, 1.82) is 0 Å². The van der Waals surface area contributed by atoms with Crippen LogP contribution in [0, 0.1) is 6.92 Å². The van der Waals surface area contributed by atoms with Crippen LogP contribution in [0.4, 0.5) is 0 Å². The summed E-state index contributed by atoms with van der Waals surface area (Å²) in [4.78, 5) is 9.65. The molecular formula is C21H32IN5O3. The zero-order valence-corrected chi connectivity index (χ0v) is 19.9. The molecule has 0 spiro atoms. The number of nitrogens with one attached hydrogen (secondary N) is 1. The van der Waals surface area contributed by atoms with Crippen LogP contribution in [-0.2, 0) is 17.7 Å². The Morgan fingerprint density at radius 2 is 2.17 bits per heavy atom. The van der Waals surface area contributed by atoms with Gasteiger partial charge in [0.2, 0.25) is 0 Å². The molecule has 2 aromatic heterocycles. The molecule has 8 nitrogen and oxygen atoms in total. The number of aliphatic imine (C=N–C) groups is 1. The Bertz CT molecular complexity index is 765. The molecule has 166 valence electrons. The maximum atomic E-state index is 5.75. The molecule has 0 aromatic carbocycles. The minimum atomic E-state index is 0. The predicted molar refractivity (Wildman–Crippen MR) is 125 cm³/mol. The van der Waals surface area contributed by atoms with Gasteiger partial charge in [0, 0.05) is 58.4 Å². The Kier molecular flexibility index (Phi) is 9.01. The van der Waals surface area contributed by atoms with Gasteiger partial charge in [0.05, 0.1) is 24.6 Å². The fourth-order valence-electron chi connectivity index (χ4n) is 3.84. The third-order valence-electron chi connectivity index (χ3n) is 5.44. The van der Waals surface area contributed by atoms with Gasteiger partial charge in [-0.2, -0.15) is 0 Å². The summed E-state index contributed by atoms with van der Waals surface area (Å²) in [5.41, 5.74) is 1.000. The van der Waals surface area contributed by atoms with Gasteiger partial charge in [-0.05, 0) is 31.9 Å². The second kappa shape index (κ2) is 11.7. The monoisotopic (exact) mass is 529 g/mol. The number of halogens is 1. The van der Waals surface area contributed by atoms with Gasteiger partial charge in [0.1, 0.15) is 11.5 Å². The van der Waals surface area contributed by atoms with Crippen LogP contribution < -0.4 is 5.32 Å². The third kappa shape index (κ3) is 6.71. The van der Waals surface area contributed by atoms with E-state index in [1.807, 2.05) is 25.1 Å². The first-order chi connectivity index (χ1) is 14.3. The van der Waals surface area contributed by atoms with Crippen LogP contribution in [0.3, 0.4) is 0 Å². The van der Waals surface area contributed by atoms with Crippen molar-refractivity contribution >= 4 is 29.9 Å². The minimum absolute atomic E-state index is 0. The average molecular weight is 529 g/mol. The molecule has 0 bridgehead atoms. The highest BCUT2D eigenvalue weighted by Crippen LogP contribution is 2.13. The number of aromatic nitrogens is 1. The number of hydrogen-bond donors (Lipinski definition) is 1. The summed E-state index contributed by atoms with van der Waals surface area (Å²) in [6.45, 7) is 8.98. The molecule has 1 N–H and O–H groups in total. The number of piperazine rings is 1. The van der Waals surface area contributed by atoms with Crippen molar-refractivity contribution in [2.24, 2.45) is 4.99 Å². The second-order valence-electron chi connectivity index (χ2n) is 7.75. The van der Waals surface area contributed by atoms with E-state index in [0.717, 1.165) is 94.9 Å². The van der Waals surface area contributed by atoms with E-state index in [2.05, 4.69) is 20.3 Å². The topological polar surface area (TPSA) is 79.3 Å². The van der Waals surface area contributed by atoms with Gasteiger partial charge in [0.25, 0.3) is 0 Å². The zero-order chi connectivity index (χ0) is 19.9. The van der Waals surface area contributed by atoms with Crippen molar-refractivity contribution in [2.45, 2.75) is 38.8 Å². The number of nitrogens with zero attached hydrogens (tertiary/aromatic N) is 4. The molecule has 0 saturated carbocycles. The molecule has 2 aromatic rings. The van der Waals surface area contributed by atoms with E-state index in [-0.39, 0.29) is 30.1 Å². The molecule has 0 radical (unpaired) electrons. The van der Waals surface area contributed by atoms with E-state index in [4.69, 9.17) is 18.7 Å². The van der Waals surface area contributed by atoms with E-state index in [1.165, 1.54) is 0 Å². The minimum Gasteiger partial charge on any atom is -0.469 e. The fraction of sp³-hybridized carbons (Fsp3) is 0.619. The summed E-state index contributed by atoms with van der Waals surface area (Å²) in [7, 11) is 0. The highest BCUT2D eigenvalue weighted by molar-refractivity contribution is 14.0. The van der Waals surface area contributed by atoms with Gasteiger partial charge in [-0.15, -0.1) is 24.0 Å². The number of furan rings is 1. The molecule has 4 heterocycles. The number of guanidine groups is 1. The fourth-order valence-corrected chi connectivity index (χ4v) is 3.84. The first kappa shape index (κ1) is 23.1. The van der Waals surface area contributed by atoms with E-state index in [0.29, 0.717) is 0 Å². The Hall–Kier alpha value is -1.59. The van der Waals surface area contributed by atoms with Gasteiger partial charge in [-0.3, -0.25) is 9.89 Å².